The van der Waals surface area contributed by atoms with E-state index < -0.39 is 0 Å². The van der Waals surface area contributed by atoms with Crippen LogP contribution in [0.5, 0.6) is 11.5 Å². The zero-order chi connectivity index (χ0) is 38.3. The molecule has 13 heteroatoms. The molecule has 0 spiro atoms. The molecule has 0 saturated carbocycles. The molecular weight excluding hydrogens is 702 g/mol. The molecule has 1 aliphatic rings. The van der Waals surface area contributed by atoms with Gasteiger partial charge in [0.25, 0.3) is 11.8 Å². The number of para-hydroxylation sites is 2. The van der Waals surface area contributed by atoms with Crippen molar-refractivity contribution in [1.82, 2.24) is 30.0 Å². The first-order valence-electron chi connectivity index (χ1n) is 18.1. The van der Waals surface area contributed by atoms with E-state index in [9.17, 15) is 14.0 Å². The monoisotopic (exact) mass is 743 g/mol. The Bertz CT molecular complexity index is 2270. The van der Waals surface area contributed by atoms with Crippen LogP contribution in [0.1, 0.15) is 62.2 Å². The third-order valence-corrected chi connectivity index (χ3v) is 9.77. The van der Waals surface area contributed by atoms with E-state index >= 15 is 0 Å². The van der Waals surface area contributed by atoms with Crippen LogP contribution in [-0.2, 0) is 19.7 Å². The van der Waals surface area contributed by atoms with E-state index in [1.165, 1.54) is 18.1 Å². The number of likely N-dealkylation sites (tertiary alicyclic amines) is 1. The number of hydrogen-bond donors (Lipinski definition) is 1. The standard InChI is InChI=1S/C42H42FN7O5/c1-28-16-17-29(22-35(28)41(51)44-32-12-5-4-6-13-32)38-26-50(47-45-38)33-18-20-49(21-19-33)25-34-23-37(46-55-34)42(52)48(2)24-30-11-9-15-39(53-3)40(30)54-27-31-10-7-8-14-36(31)43/h4-17,22-23,26,33H,18-21,24-25,27H2,1-3H3,(H,44,51). The van der Waals surface area contributed by atoms with Crippen molar-refractivity contribution < 1.29 is 28.0 Å². The van der Waals surface area contributed by atoms with Crippen molar-refractivity contribution >= 4 is 17.5 Å². The van der Waals surface area contributed by atoms with Crippen LogP contribution in [0.4, 0.5) is 10.1 Å². The van der Waals surface area contributed by atoms with E-state index in [0.717, 1.165) is 42.7 Å². The van der Waals surface area contributed by atoms with Gasteiger partial charge in [0, 0.05) is 60.7 Å². The number of piperidine rings is 1. The van der Waals surface area contributed by atoms with Gasteiger partial charge in [-0.05, 0) is 55.7 Å². The number of nitrogens with one attached hydrogen (secondary N) is 1. The summed E-state index contributed by atoms with van der Waals surface area (Å²) in [5, 5.41) is 15.9. The van der Waals surface area contributed by atoms with Crippen LogP contribution in [0.15, 0.2) is 108 Å². The van der Waals surface area contributed by atoms with Gasteiger partial charge in [-0.25, -0.2) is 9.07 Å². The summed E-state index contributed by atoms with van der Waals surface area (Å²) in [6.07, 6.45) is 3.65. The predicted octanol–water partition coefficient (Wildman–Crippen LogP) is 7.33. The van der Waals surface area contributed by atoms with Crippen molar-refractivity contribution in [3.63, 3.8) is 0 Å². The topological polar surface area (TPSA) is 128 Å². The number of carbonyl (C=O) groups is 2. The molecule has 2 amide bonds. The number of nitrogens with zero attached hydrogens (tertiary/aromatic N) is 6. The fourth-order valence-electron chi connectivity index (χ4n) is 6.68. The Morgan fingerprint density at radius 1 is 0.964 bits per heavy atom. The highest BCUT2D eigenvalue weighted by Crippen LogP contribution is 2.33. The summed E-state index contributed by atoms with van der Waals surface area (Å²) in [5.41, 5.74) is 5.05. The third-order valence-electron chi connectivity index (χ3n) is 9.77. The number of amides is 2. The molecule has 7 rings (SSSR count). The molecule has 0 unspecified atom stereocenters. The maximum Gasteiger partial charge on any atom is 0.276 e. The number of hydrogen-bond acceptors (Lipinski definition) is 9. The van der Waals surface area contributed by atoms with Gasteiger partial charge in [-0.2, -0.15) is 0 Å². The minimum Gasteiger partial charge on any atom is -0.493 e. The minimum absolute atomic E-state index is 0.00679. The molecule has 4 aromatic carbocycles. The van der Waals surface area contributed by atoms with Crippen LogP contribution in [-0.4, -0.2) is 69.0 Å². The normalized spacial score (nSPS) is 13.4. The summed E-state index contributed by atoms with van der Waals surface area (Å²) < 4.78 is 33.3. The Hall–Kier alpha value is -6.34. The highest BCUT2D eigenvalue weighted by Gasteiger charge is 2.25. The molecule has 2 aromatic heterocycles. The Morgan fingerprint density at radius 3 is 2.51 bits per heavy atom. The number of aryl methyl sites for hydroxylation is 1. The van der Waals surface area contributed by atoms with Crippen molar-refractivity contribution in [3.8, 4) is 22.8 Å². The van der Waals surface area contributed by atoms with Gasteiger partial charge < -0.3 is 24.2 Å². The molecule has 1 saturated heterocycles. The van der Waals surface area contributed by atoms with Gasteiger partial charge in [0.1, 0.15) is 18.1 Å². The Kier molecular flexibility index (Phi) is 11.3. The molecule has 1 fully saturated rings. The number of halogens is 1. The van der Waals surface area contributed by atoms with Gasteiger partial charge in [-0.15, -0.1) is 5.10 Å². The lowest BCUT2D eigenvalue weighted by Crippen LogP contribution is -2.34. The lowest BCUT2D eigenvalue weighted by Gasteiger charge is -2.30. The SMILES string of the molecule is COc1cccc(CN(C)C(=O)c2cc(CN3CCC(n4cc(-c5ccc(C)c(C(=O)Nc6ccccc6)c5)nn4)CC3)on2)c1OCc1ccccc1F. The largest absolute Gasteiger partial charge is 0.493 e. The van der Waals surface area contributed by atoms with Crippen molar-refractivity contribution in [2.75, 3.05) is 32.6 Å². The van der Waals surface area contributed by atoms with Gasteiger partial charge in [-0.1, -0.05) is 71.0 Å². The van der Waals surface area contributed by atoms with Crippen LogP contribution in [0.3, 0.4) is 0 Å². The van der Waals surface area contributed by atoms with Crippen molar-refractivity contribution in [2.45, 2.75) is 45.5 Å². The van der Waals surface area contributed by atoms with E-state index in [0.29, 0.717) is 46.2 Å². The van der Waals surface area contributed by atoms with Crippen LogP contribution >= 0.6 is 0 Å². The van der Waals surface area contributed by atoms with Gasteiger partial charge >= 0.3 is 0 Å². The van der Waals surface area contributed by atoms with Gasteiger partial charge in [0.2, 0.25) is 0 Å². The van der Waals surface area contributed by atoms with E-state index in [4.69, 9.17) is 14.0 Å². The first-order chi connectivity index (χ1) is 26.7. The van der Waals surface area contributed by atoms with Crippen molar-refractivity contribution in [3.05, 3.63) is 143 Å². The fraction of sp³-hybridized carbons (Fsp3) is 0.262. The molecular formula is C42H42FN7O5. The number of carbonyl (C=O) groups excluding carboxylic acids is 2. The zero-order valence-corrected chi connectivity index (χ0v) is 30.9. The van der Waals surface area contributed by atoms with E-state index in [-0.39, 0.29) is 42.5 Å². The summed E-state index contributed by atoms with van der Waals surface area (Å²) in [7, 11) is 3.21. The van der Waals surface area contributed by atoms with E-state index in [1.807, 2.05) is 78.5 Å². The molecule has 1 N–H and O–H groups in total. The second kappa shape index (κ2) is 16.8. The average molecular weight is 744 g/mol. The molecule has 3 heterocycles. The maximum absolute atomic E-state index is 14.3. The molecule has 282 valence electrons. The van der Waals surface area contributed by atoms with Gasteiger partial charge in [-0.3, -0.25) is 14.5 Å². The first kappa shape index (κ1) is 37.0. The Morgan fingerprint density at radius 2 is 1.73 bits per heavy atom. The highest BCUT2D eigenvalue weighted by molar-refractivity contribution is 6.06. The molecule has 1 aliphatic heterocycles. The van der Waals surface area contributed by atoms with Crippen LogP contribution in [0, 0.1) is 12.7 Å². The molecule has 0 aliphatic carbocycles. The smallest absolute Gasteiger partial charge is 0.276 e. The summed E-state index contributed by atoms with van der Waals surface area (Å²) >= 11 is 0. The third kappa shape index (κ3) is 8.73. The average Bonchev–Trinajstić information content (AvgIpc) is 3.89. The van der Waals surface area contributed by atoms with Crippen LogP contribution < -0.4 is 14.8 Å². The molecule has 55 heavy (non-hydrogen) atoms. The Balaban J connectivity index is 0.925. The maximum atomic E-state index is 14.3. The first-order valence-corrected chi connectivity index (χ1v) is 18.1. The number of rotatable bonds is 13. The fourth-order valence-corrected chi connectivity index (χ4v) is 6.68. The highest BCUT2D eigenvalue weighted by atomic mass is 19.1. The number of aromatic nitrogens is 4. The molecule has 0 radical (unpaired) electrons. The zero-order valence-electron chi connectivity index (χ0n) is 30.9. The van der Waals surface area contributed by atoms with Crippen molar-refractivity contribution in [1.29, 1.82) is 0 Å². The summed E-state index contributed by atoms with van der Waals surface area (Å²) in [6, 6.07) is 28.8. The van der Waals surface area contributed by atoms with Gasteiger partial charge in [0.15, 0.2) is 23.0 Å². The number of ether oxygens (including phenoxy) is 2. The lowest BCUT2D eigenvalue weighted by atomic mass is 10.0. The number of anilines is 1. The predicted molar refractivity (Wildman–Crippen MR) is 204 cm³/mol. The second-order valence-corrected chi connectivity index (χ2v) is 13.6. The van der Waals surface area contributed by atoms with E-state index in [2.05, 4.69) is 25.7 Å². The lowest BCUT2D eigenvalue weighted by molar-refractivity contribution is 0.0772. The minimum atomic E-state index is -0.358. The summed E-state index contributed by atoms with van der Waals surface area (Å²) in [5.74, 6) is 0.676. The second-order valence-electron chi connectivity index (χ2n) is 13.6. The molecule has 12 nitrogen and oxygen atoms in total. The van der Waals surface area contributed by atoms with Gasteiger partial charge in [0.05, 0.1) is 25.9 Å². The quantitative estimate of drug-likeness (QED) is 0.129. The number of benzene rings is 4. The molecule has 0 atom stereocenters. The number of methoxy groups -OCH3 is 1. The summed E-state index contributed by atoms with van der Waals surface area (Å²) in [4.78, 5) is 30.3. The molecule has 0 bridgehead atoms. The molecule has 6 aromatic rings. The summed E-state index contributed by atoms with van der Waals surface area (Å²) in [6.45, 7) is 4.23. The van der Waals surface area contributed by atoms with Crippen molar-refractivity contribution in [2.24, 2.45) is 0 Å². The van der Waals surface area contributed by atoms with Crippen LogP contribution in [0.25, 0.3) is 11.3 Å². The Labute approximate surface area is 318 Å². The van der Waals surface area contributed by atoms with E-state index in [1.54, 1.807) is 37.4 Å². The van der Waals surface area contributed by atoms with Crippen LogP contribution in [0.2, 0.25) is 0 Å².